The molecule has 2 aliphatic carbocycles. The number of benzene rings is 14. The van der Waals surface area contributed by atoms with Crippen LogP contribution in [0.4, 0.5) is 34.1 Å². The van der Waals surface area contributed by atoms with E-state index in [0.29, 0.717) is 0 Å². The van der Waals surface area contributed by atoms with Crippen LogP contribution in [0.3, 0.4) is 0 Å². The number of thiophene rings is 2. The average molecular weight is 1230 g/mol. The second-order valence-corrected chi connectivity index (χ2v) is 29.7. The molecule has 4 heteroatoms. The molecule has 16 aromatic rings. The molecule has 0 N–H and O–H groups in total. The second-order valence-electron chi connectivity index (χ2n) is 27.6. The van der Waals surface area contributed by atoms with Crippen molar-refractivity contribution >= 4 is 119 Å². The van der Waals surface area contributed by atoms with Crippen molar-refractivity contribution in [1.82, 2.24) is 0 Å². The fourth-order valence-electron chi connectivity index (χ4n) is 15.7. The first-order valence-corrected chi connectivity index (χ1v) is 34.2. The maximum atomic E-state index is 2.54. The van der Waals surface area contributed by atoms with Crippen LogP contribution in [0.1, 0.15) is 74.9 Å². The summed E-state index contributed by atoms with van der Waals surface area (Å²) in [6, 6.07) is 110. The van der Waals surface area contributed by atoms with Crippen LogP contribution >= 0.6 is 22.7 Å². The van der Waals surface area contributed by atoms with Gasteiger partial charge in [0.05, 0.1) is 26.2 Å². The van der Waals surface area contributed by atoms with E-state index in [1.54, 1.807) is 0 Å². The number of hydrogen-bond acceptors (Lipinski definition) is 4. The molecule has 0 saturated heterocycles. The summed E-state index contributed by atoms with van der Waals surface area (Å²) < 4.78 is 5.16. The van der Waals surface area contributed by atoms with E-state index in [0.717, 1.165) is 22.7 Å². The lowest BCUT2D eigenvalue weighted by molar-refractivity contribution is 0.589. The van der Waals surface area contributed by atoms with Gasteiger partial charge < -0.3 is 9.80 Å². The molecule has 2 heterocycles. The van der Waals surface area contributed by atoms with Gasteiger partial charge in [-0.25, -0.2) is 0 Å². The molecule has 1 spiro atoms. The van der Waals surface area contributed by atoms with Gasteiger partial charge in [0.15, 0.2) is 0 Å². The molecule has 2 aromatic heterocycles. The third-order valence-corrected chi connectivity index (χ3v) is 22.5. The molecule has 0 atom stereocenters. The molecule has 2 aliphatic rings. The summed E-state index contributed by atoms with van der Waals surface area (Å²) in [6.45, 7) is 14.1. The highest BCUT2D eigenvalue weighted by Crippen LogP contribution is 2.66. The summed E-state index contributed by atoms with van der Waals surface area (Å²) in [6.07, 6.45) is 0. The van der Waals surface area contributed by atoms with E-state index in [9.17, 15) is 0 Å². The van der Waals surface area contributed by atoms with Crippen molar-refractivity contribution in [2.45, 2.75) is 57.8 Å². The van der Waals surface area contributed by atoms with Crippen molar-refractivity contribution < 1.29 is 0 Å². The molecule has 0 bridgehead atoms. The Hall–Kier alpha value is -10.4. The standard InChI is InChI=1S/C89H66N2S2/c1-87(2,3)61-41-47-77-75(53-61)76-54-62(88(4,5)6)42-48-78(76)89(77)83-67-43-37-57(55-21-17-27-65(51-55)90(63-23-9-7-10-24-63)79-33-19-31-73-69-29-13-15-35-81(69)92-85(73)79)49-59(67)39-45-71(83)72-46-40-60-50-58(38-44-68(60)84(72)89)56-22-18-28-66(52-56)91(64-25-11-8-12-26-64)80-34-20-32-74-70-30-14-16-36-82(70)93-86(74)80/h7-54H,1-6H3. The number of fused-ring (bicyclic) bond motifs is 20. The van der Waals surface area contributed by atoms with Crippen molar-refractivity contribution in [3.8, 4) is 44.5 Å². The van der Waals surface area contributed by atoms with E-state index in [2.05, 4.69) is 343 Å². The zero-order valence-corrected chi connectivity index (χ0v) is 54.6. The first-order chi connectivity index (χ1) is 45.4. The van der Waals surface area contributed by atoms with Gasteiger partial charge in [0, 0.05) is 53.7 Å². The number of anilines is 6. The minimum atomic E-state index is -0.627. The highest BCUT2D eigenvalue weighted by atomic mass is 32.1. The van der Waals surface area contributed by atoms with E-state index >= 15 is 0 Å². The van der Waals surface area contributed by atoms with Crippen LogP contribution in [-0.2, 0) is 16.2 Å². The van der Waals surface area contributed by atoms with Crippen LogP contribution in [0.5, 0.6) is 0 Å². The highest BCUT2D eigenvalue weighted by Gasteiger charge is 2.54. The molecule has 0 unspecified atom stereocenters. The molecule has 2 nitrogen and oxygen atoms in total. The van der Waals surface area contributed by atoms with Gasteiger partial charge in [-0.2, -0.15) is 0 Å². The first kappa shape index (κ1) is 55.5. The number of rotatable bonds is 8. The van der Waals surface area contributed by atoms with Crippen molar-refractivity contribution in [3.05, 3.63) is 325 Å². The van der Waals surface area contributed by atoms with E-state index < -0.39 is 5.41 Å². The van der Waals surface area contributed by atoms with Crippen LogP contribution < -0.4 is 9.80 Å². The van der Waals surface area contributed by atoms with Gasteiger partial charge in [0.2, 0.25) is 0 Å². The Labute approximate surface area is 551 Å². The van der Waals surface area contributed by atoms with Crippen molar-refractivity contribution in [2.24, 2.45) is 0 Å². The minimum absolute atomic E-state index is 0.0486. The van der Waals surface area contributed by atoms with E-state index in [1.807, 2.05) is 22.7 Å². The lowest BCUT2D eigenvalue weighted by Crippen LogP contribution is -2.27. The maximum absolute atomic E-state index is 2.54. The lowest BCUT2D eigenvalue weighted by Gasteiger charge is -2.33. The fraction of sp³-hybridized carbons (Fsp3) is 0.101. The number of nitrogens with zero attached hydrogens (tertiary/aromatic N) is 2. The van der Waals surface area contributed by atoms with Crippen LogP contribution in [0.15, 0.2) is 291 Å². The molecule has 444 valence electrons. The minimum Gasteiger partial charge on any atom is -0.309 e. The zero-order valence-electron chi connectivity index (χ0n) is 52.9. The van der Waals surface area contributed by atoms with Gasteiger partial charge in [0.25, 0.3) is 0 Å². The van der Waals surface area contributed by atoms with Gasteiger partial charge in [-0.05, 0) is 195 Å². The Balaban J connectivity index is 0.813. The summed E-state index contributed by atoms with van der Waals surface area (Å²) >= 11 is 3.75. The molecule has 18 rings (SSSR count). The average Bonchev–Trinajstić information content (AvgIpc) is 1.49. The van der Waals surface area contributed by atoms with Crippen LogP contribution in [0.25, 0.3) is 106 Å². The Bertz CT molecular complexity index is 5380. The van der Waals surface area contributed by atoms with Gasteiger partial charge >= 0.3 is 0 Å². The lowest BCUT2D eigenvalue weighted by atomic mass is 9.67. The largest absolute Gasteiger partial charge is 0.309 e. The molecular weight excluding hydrogens is 1160 g/mol. The predicted molar refractivity (Wildman–Crippen MR) is 401 cm³/mol. The van der Waals surface area contributed by atoms with E-state index in [-0.39, 0.29) is 10.8 Å². The molecule has 0 saturated carbocycles. The van der Waals surface area contributed by atoms with Gasteiger partial charge in [-0.3, -0.25) is 0 Å². The van der Waals surface area contributed by atoms with Crippen LogP contribution in [-0.4, -0.2) is 0 Å². The number of hydrogen-bond donors (Lipinski definition) is 0. The molecule has 0 radical (unpaired) electrons. The second kappa shape index (κ2) is 20.8. The van der Waals surface area contributed by atoms with Crippen LogP contribution in [0, 0.1) is 0 Å². The smallest absolute Gasteiger partial charge is 0.0737 e. The Morgan fingerprint density at radius 2 is 0.667 bits per heavy atom. The fourth-order valence-corrected chi connectivity index (χ4v) is 18.1. The normalized spacial score (nSPS) is 13.1. The third kappa shape index (κ3) is 8.58. The van der Waals surface area contributed by atoms with Crippen molar-refractivity contribution in [3.63, 3.8) is 0 Å². The van der Waals surface area contributed by atoms with Crippen molar-refractivity contribution in [1.29, 1.82) is 0 Å². The Morgan fingerprint density at radius 1 is 0.280 bits per heavy atom. The Morgan fingerprint density at radius 3 is 1.11 bits per heavy atom. The summed E-state index contributed by atoms with van der Waals surface area (Å²) in [4.78, 5) is 4.89. The van der Waals surface area contributed by atoms with Gasteiger partial charge in [0.1, 0.15) is 0 Å². The third-order valence-electron chi connectivity index (χ3n) is 20.1. The van der Waals surface area contributed by atoms with Crippen molar-refractivity contribution in [2.75, 3.05) is 9.80 Å². The van der Waals surface area contributed by atoms with E-state index in [1.165, 1.54) is 151 Å². The molecular formula is C89H66N2S2. The molecule has 0 amide bonds. The zero-order chi connectivity index (χ0) is 62.5. The molecule has 0 aliphatic heterocycles. The maximum Gasteiger partial charge on any atom is 0.0737 e. The van der Waals surface area contributed by atoms with Gasteiger partial charge in [-0.15, -0.1) is 22.7 Å². The summed E-state index contributed by atoms with van der Waals surface area (Å²) in [5.41, 5.74) is 24.2. The monoisotopic (exact) mass is 1230 g/mol. The van der Waals surface area contributed by atoms with Gasteiger partial charge in [-0.1, -0.05) is 248 Å². The molecule has 14 aromatic carbocycles. The Kier molecular flexibility index (Phi) is 12.4. The predicted octanol–water partition coefficient (Wildman–Crippen LogP) is 25.9. The van der Waals surface area contributed by atoms with E-state index in [4.69, 9.17) is 0 Å². The summed E-state index contributed by atoms with van der Waals surface area (Å²) in [7, 11) is 0. The quantitative estimate of drug-likeness (QED) is 0.150. The highest BCUT2D eigenvalue weighted by molar-refractivity contribution is 7.26. The van der Waals surface area contributed by atoms with Crippen LogP contribution in [0.2, 0.25) is 0 Å². The molecule has 93 heavy (non-hydrogen) atoms. The summed E-state index contributed by atoms with van der Waals surface area (Å²) in [5, 5.41) is 10.2. The number of para-hydroxylation sites is 2. The topological polar surface area (TPSA) is 6.48 Å². The molecule has 0 fully saturated rings. The SMILES string of the molecule is CC(C)(C)c1ccc2c(c1)-c1cc(C(C)(C)C)ccc1C21c2c(ccc3cc(-c4cccc(N(c5ccccc5)c5cccc6c5sc5ccccc56)c4)ccc23)-c2ccc3cc(-c4cccc(N(c5ccccc5)c5cccc6c5sc5ccccc56)c4)ccc3c21. The summed E-state index contributed by atoms with van der Waals surface area (Å²) in [5.74, 6) is 0. The first-order valence-electron chi connectivity index (χ1n) is 32.5.